The van der Waals surface area contributed by atoms with Gasteiger partial charge >= 0.3 is 5.97 Å². The molecule has 1 aromatic heterocycles. The molecular formula is C14H15N3O3. The van der Waals surface area contributed by atoms with Crippen LogP contribution in [0.2, 0.25) is 0 Å². The second-order valence-electron chi connectivity index (χ2n) is 4.55. The largest absolute Gasteiger partial charge is 0.478 e. The quantitative estimate of drug-likeness (QED) is 0.890. The molecule has 0 aliphatic rings. The molecule has 0 unspecified atom stereocenters. The first-order valence-corrected chi connectivity index (χ1v) is 6.09. The average molecular weight is 273 g/mol. The SMILES string of the molecule is Cc1ccc(NC(=O)Cn2cc(C(=O)O)c(C)n2)cc1. The molecule has 2 aromatic rings. The molecule has 104 valence electrons. The Labute approximate surface area is 116 Å². The Bertz CT molecular complexity index is 644. The first kappa shape index (κ1) is 13.8. The van der Waals surface area contributed by atoms with Crippen molar-refractivity contribution in [2.75, 3.05) is 5.32 Å². The Kier molecular flexibility index (Phi) is 3.84. The van der Waals surface area contributed by atoms with E-state index in [1.54, 1.807) is 6.92 Å². The molecule has 0 spiro atoms. The van der Waals surface area contributed by atoms with Gasteiger partial charge in [-0.05, 0) is 26.0 Å². The molecule has 20 heavy (non-hydrogen) atoms. The third-order valence-corrected chi connectivity index (χ3v) is 2.82. The summed E-state index contributed by atoms with van der Waals surface area (Å²) in [4.78, 5) is 22.7. The van der Waals surface area contributed by atoms with E-state index in [0.717, 1.165) is 5.56 Å². The van der Waals surface area contributed by atoms with Crippen LogP contribution in [-0.4, -0.2) is 26.8 Å². The van der Waals surface area contributed by atoms with Gasteiger partial charge in [-0.2, -0.15) is 5.10 Å². The number of anilines is 1. The molecule has 2 N–H and O–H groups in total. The number of carbonyl (C=O) groups excluding carboxylic acids is 1. The molecule has 2 rings (SSSR count). The van der Waals surface area contributed by atoms with Crippen LogP contribution in [-0.2, 0) is 11.3 Å². The van der Waals surface area contributed by atoms with Crippen molar-refractivity contribution in [2.24, 2.45) is 0 Å². The maximum atomic E-state index is 11.8. The van der Waals surface area contributed by atoms with Gasteiger partial charge in [0.05, 0.1) is 5.69 Å². The van der Waals surface area contributed by atoms with Gasteiger partial charge in [0.1, 0.15) is 12.1 Å². The maximum Gasteiger partial charge on any atom is 0.339 e. The first-order chi connectivity index (χ1) is 9.45. The molecule has 6 heteroatoms. The summed E-state index contributed by atoms with van der Waals surface area (Å²) in [5, 5.41) is 15.7. The van der Waals surface area contributed by atoms with Gasteiger partial charge in [-0.1, -0.05) is 17.7 Å². The fraction of sp³-hybridized carbons (Fsp3) is 0.214. The summed E-state index contributed by atoms with van der Waals surface area (Å²) in [7, 11) is 0. The molecule has 0 aliphatic carbocycles. The summed E-state index contributed by atoms with van der Waals surface area (Å²) in [6.07, 6.45) is 1.35. The van der Waals surface area contributed by atoms with Gasteiger partial charge in [0.2, 0.25) is 5.91 Å². The minimum atomic E-state index is -1.05. The van der Waals surface area contributed by atoms with Crippen molar-refractivity contribution in [3.8, 4) is 0 Å². The van der Waals surface area contributed by atoms with E-state index in [1.165, 1.54) is 10.9 Å². The zero-order chi connectivity index (χ0) is 14.7. The number of aromatic nitrogens is 2. The lowest BCUT2D eigenvalue weighted by Gasteiger charge is -2.05. The molecule has 1 heterocycles. The van der Waals surface area contributed by atoms with E-state index < -0.39 is 5.97 Å². The van der Waals surface area contributed by atoms with Gasteiger partial charge in [0.15, 0.2) is 0 Å². The summed E-state index contributed by atoms with van der Waals surface area (Å²) in [5.74, 6) is -1.30. The number of aromatic carboxylic acids is 1. The number of benzene rings is 1. The van der Waals surface area contributed by atoms with Crippen LogP contribution < -0.4 is 5.32 Å². The van der Waals surface area contributed by atoms with Crippen molar-refractivity contribution in [2.45, 2.75) is 20.4 Å². The van der Waals surface area contributed by atoms with Crippen LogP contribution in [0.3, 0.4) is 0 Å². The molecule has 6 nitrogen and oxygen atoms in total. The maximum absolute atomic E-state index is 11.8. The van der Waals surface area contributed by atoms with Gasteiger partial charge in [0, 0.05) is 11.9 Å². The van der Waals surface area contributed by atoms with Gasteiger partial charge < -0.3 is 10.4 Å². The number of amides is 1. The minimum Gasteiger partial charge on any atom is -0.478 e. The van der Waals surface area contributed by atoms with Gasteiger partial charge in [-0.15, -0.1) is 0 Å². The zero-order valence-corrected chi connectivity index (χ0v) is 11.3. The first-order valence-electron chi connectivity index (χ1n) is 6.09. The predicted octanol–water partition coefficient (Wildman–Crippen LogP) is 1.84. The number of carbonyl (C=O) groups is 2. The molecule has 1 amide bonds. The van der Waals surface area contributed by atoms with E-state index in [2.05, 4.69) is 10.4 Å². The molecule has 1 aromatic carbocycles. The number of hydrogen-bond donors (Lipinski definition) is 2. The molecule has 0 radical (unpaired) electrons. The molecule has 0 bridgehead atoms. The Morgan fingerprint density at radius 1 is 1.25 bits per heavy atom. The number of nitrogens with zero attached hydrogens (tertiary/aromatic N) is 2. The van der Waals surface area contributed by atoms with E-state index in [-0.39, 0.29) is 18.0 Å². The summed E-state index contributed by atoms with van der Waals surface area (Å²) >= 11 is 0. The highest BCUT2D eigenvalue weighted by atomic mass is 16.4. The lowest BCUT2D eigenvalue weighted by molar-refractivity contribution is -0.116. The van der Waals surface area contributed by atoms with Gasteiger partial charge in [-0.25, -0.2) is 4.79 Å². The molecule has 0 atom stereocenters. The van der Waals surface area contributed by atoms with E-state index in [4.69, 9.17) is 5.11 Å². The Morgan fingerprint density at radius 3 is 2.45 bits per heavy atom. The number of aryl methyl sites for hydroxylation is 2. The van der Waals surface area contributed by atoms with Crippen molar-refractivity contribution in [1.82, 2.24) is 9.78 Å². The van der Waals surface area contributed by atoms with Crippen molar-refractivity contribution < 1.29 is 14.7 Å². The summed E-state index contributed by atoms with van der Waals surface area (Å²) < 4.78 is 1.32. The fourth-order valence-corrected chi connectivity index (χ4v) is 1.79. The number of hydrogen-bond acceptors (Lipinski definition) is 3. The van der Waals surface area contributed by atoms with Crippen molar-refractivity contribution >= 4 is 17.6 Å². The second kappa shape index (κ2) is 5.56. The standard InChI is InChI=1S/C14H15N3O3/c1-9-3-5-11(6-4-9)15-13(18)8-17-7-12(14(19)20)10(2)16-17/h3-7H,8H2,1-2H3,(H,15,18)(H,19,20). The third kappa shape index (κ3) is 3.23. The van der Waals surface area contributed by atoms with Crippen LogP contribution in [0.5, 0.6) is 0 Å². The molecule has 0 aliphatic heterocycles. The highest BCUT2D eigenvalue weighted by Gasteiger charge is 2.13. The van der Waals surface area contributed by atoms with Crippen LogP contribution in [0.1, 0.15) is 21.6 Å². The van der Waals surface area contributed by atoms with Crippen LogP contribution in [0.25, 0.3) is 0 Å². The highest BCUT2D eigenvalue weighted by Crippen LogP contribution is 2.09. The molecule has 0 saturated heterocycles. The van der Waals surface area contributed by atoms with Crippen molar-refractivity contribution in [1.29, 1.82) is 0 Å². The third-order valence-electron chi connectivity index (χ3n) is 2.82. The number of carboxylic acid groups (broad SMARTS) is 1. The van der Waals surface area contributed by atoms with E-state index in [1.807, 2.05) is 31.2 Å². The van der Waals surface area contributed by atoms with E-state index in [9.17, 15) is 9.59 Å². The molecule has 0 saturated carbocycles. The van der Waals surface area contributed by atoms with E-state index >= 15 is 0 Å². The number of carboxylic acids is 1. The molecular weight excluding hydrogens is 258 g/mol. The second-order valence-corrected chi connectivity index (χ2v) is 4.55. The summed E-state index contributed by atoms with van der Waals surface area (Å²) in [6.45, 7) is 3.53. The average Bonchev–Trinajstić information content (AvgIpc) is 2.73. The Morgan fingerprint density at radius 2 is 1.90 bits per heavy atom. The van der Waals surface area contributed by atoms with Crippen molar-refractivity contribution in [3.63, 3.8) is 0 Å². The number of rotatable bonds is 4. The van der Waals surface area contributed by atoms with Gasteiger partial charge in [0.25, 0.3) is 0 Å². The smallest absolute Gasteiger partial charge is 0.339 e. The Hall–Kier alpha value is -2.63. The fourth-order valence-electron chi connectivity index (χ4n) is 1.79. The topological polar surface area (TPSA) is 84.2 Å². The lowest BCUT2D eigenvalue weighted by atomic mass is 10.2. The summed E-state index contributed by atoms with van der Waals surface area (Å²) in [5.41, 5.74) is 2.30. The van der Waals surface area contributed by atoms with Crippen molar-refractivity contribution in [3.05, 3.63) is 47.3 Å². The Balaban J connectivity index is 2.03. The molecule has 0 fully saturated rings. The van der Waals surface area contributed by atoms with Crippen LogP contribution in [0.4, 0.5) is 5.69 Å². The van der Waals surface area contributed by atoms with Gasteiger partial charge in [-0.3, -0.25) is 9.48 Å². The highest BCUT2D eigenvalue weighted by molar-refractivity contribution is 5.91. The van der Waals surface area contributed by atoms with Crippen LogP contribution >= 0.6 is 0 Å². The minimum absolute atomic E-state index is 0.0258. The van der Waals surface area contributed by atoms with Crippen LogP contribution in [0.15, 0.2) is 30.5 Å². The normalized spacial score (nSPS) is 10.3. The number of nitrogens with one attached hydrogen (secondary N) is 1. The van der Waals surface area contributed by atoms with Crippen LogP contribution in [0, 0.1) is 13.8 Å². The lowest BCUT2D eigenvalue weighted by Crippen LogP contribution is -2.19. The zero-order valence-electron chi connectivity index (χ0n) is 11.3. The monoisotopic (exact) mass is 273 g/mol. The summed E-state index contributed by atoms with van der Waals surface area (Å²) in [6, 6.07) is 7.42. The van der Waals surface area contributed by atoms with E-state index in [0.29, 0.717) is 11.4 Å². The predicted molar refractivity (Wildman–Crippen MR) is 73.7 cm³/mol.